The van der Waals surface area contributed by atoms with Crippen molar-refractivity contribution in [3.05, 3.63) is 53.1 Å². The highest BCUT2D eigenvalue weighted by atomic mass is 35.5. The summed E-state index contributed by atoms with van der Waals surface area (Å²) < 4.78 is 0. The maximum atomic E-state index is 13.2. The van der Waals surface area contributed by atoms with E-state index in [1.165, 1.54) is 9.80 Å². The van der Waals surface area contributed by atoms with Crippen LogP contribution in [0.4, 0.5) is 5.69 Å². The molecule has 1 fully saturated rings. The average molecular weight is 413 g/mol. The summed E-state index contributed by atoms with van der Waals surface area (Å²) in [6.07, 6.45) is 0. The van der Waals surface area contributed by atoms with Gasteiger partial charge in [-0.15, -0.1) is 0 Å². The summed E-state index contributed by atoms with van der Waals surface area (Å²) in [5, 5.41) is 3.36. The summed E-state index contributed by atoms with van der Waals surface area (Å²) in [6, 6.07) is 11.5. The second-order valence-electron chi connectivity index (χ2n) is 6.89. The fourth-order valence-corrected chi connectivity index (χ4v) is 3.74. The predicted molar refractivity (Wildman–Crippen MR) is 106 cm³/mol. The largest absolute Gasteiger partial charge is 0.361 e. The Bertz CT molecular complexity index is 1040. The molecule has 9 heteroatoms. The zero-order chi connectivity index (χ0) is 20.7. The highest BCUT2D eigenvalue weighted by Crippen LogP contribution is 2.30. The van der Waals surface area contributed by atoms with Gasteiger partial charge >= 0.3 is 11.8 Å². The second-order valence-corrected chi connectivity index (χ2v) is 7.32. The number of nitrogens with zero attached hydrogens (tertiary/aromatic N) is 2. The monoisotopic (exact) mass is 412 g/mol. The van der Waals surface area contributed by atoms with Gasteiger partial charge in [-0.3, -0.25) is 19.2 Å². The number of primary amides is 1. The van der Waals surface area contributed by atoms with Crippen LogP contribution >= 0.6 is 11.6 Å². The standard InChI is InChI=1S/C20H17ClN4O4/c21-13-4-1-11(2-5-13)12-3-6-15-14(9-12)19(28)25-8-7-24(20(29)17(22)26)10-16(25)18(27)23-15/h1-6,9,16H,7-8,10H2,(H2,22,26)(H,23,27)/t16-/m1/s1. The molecule has 0 aromatic heterocycles. The van der Waals surface area contributed by atoms with E-state index in [-0.39, 0.29) is 25.5 Å². The number of fused-ring (bicyclic) bond motifs is 2. The number of rotatable bonds is 1. The number of amides is 4. The Balaban J connectivity index is 1.67. The Hall–Kier alpha value is -3.39. The number of nitrogens with one attached hydrogen (secondary N) is 1. The molecule has 1 saturated heterocycles. The van der Waals surface area contributed by atoms with E-state index >= 15 is 0 Å². The minimum Gasteiger partial charge on any atom is -0.361 e. The molecule has 8 nitrogen and oxygen atoms in total. The molecule has 2 heterocycles. The first-order valence-electron chi connectivity index (χ1n) is 8.95. The third kappa shape index (κ3) is 3.42. The van der Waals surface area contributed by atoms with Crippen LogP contribution in [0.5, 0.6) is 0 Å². The van der Waals surface area contributed by atoms with E-state index in [0.29, 0.717) is 16.3 Å². The van der Waals surface area contributed by atoms with Gasteiger partial charge in [0.05, 0.1) is 17.8 Å². The number of piperazine rings is 1. The second kappa shape index (κ2) is 7.21. The average Bonchev–Trinajstić information content (AvgIpc) is 2.82. The Morgan fingerprint density at radius 1 is 1.03 bits per heavy atom. The summed E-state index contributed by atoms with van der Waals surface area (Å²) >= 11 is 5.94. The molecule has 1 atom stereocenters. The third-order valence-corrected chi connectivity index (χ3v) is 5.38. The third-order valence-electron chi connectivity index (χ3n) is 5.13. The summed E-state index contributed by atoms with van der Waals surface area (Å²) in [7, 11) is 0. The van der Waals surface area contributed by atoms with E-state index in [4.69, 9.17) is 17.3 Å². The van der Waals surface area contributed by atoms with Gasteiger partial charge in [0.25, 0.3) is 5.91 Å². The molecular formula is C20H17ClN4O4. The zero-order valence-electron chi connectivity index (χ0n) is 15.2. The van der Waals surface area contributed by atoms with Crippen LogP contribution in [-0.4, -0.2) is 59.1 Å². The van der Waals surface area contributed by atoms with Crippen molar-refractivity contribution in [3.63, 3.8) is 0 Å². The molecule has 0 saturated carbocycles. The molecule has 3 N–H and O–H groups in total. The van der Waals surface area contributed by atoms with Gasteiger partial charge < -0.3 is 20.9 Å². The number of halogens is 1. The quantitative estimate of drug-likeness (QED) is 0.683. The molecule has 0 spiro atoms. The normalized spacial score (nSPS) is 18.4. The first-order valence-corrected chi connectivity index (χ1v) is 9.33. The van der Waals surface area contributed by atoms with Crippen molar-refractivity contribution in [2.75, 3.05) is 25.0 Å². The van der Waals surface area contributed by atoms with Crippen molar-refractivity contribution in [2.24, 2.45) is 5.73 Å². The first kappa shape index (κ1) is 18.9. The predicted octanol–water partition coefficient (Wildman–Crippen LogP) is 1.10. The molecule has 2 aliphatic rings. The van der Waals surface area contributed by atoms with Crippen LogP contribution in [0.2, 0.25) is 5.02 Å². The van der Waals surface area contributed by atoms with Gasteiger partial charge in [0.15, 0.2) is 0 Å². The topological polar surface area (TPSA) is 113 Å². The lowest BCUT2D eigenvalue weighted by Crippen LogP contribution is -2.60. The first-order chi connectivity index (χ1) is 13.8. The van der Waals surface area contributed by atoms with Crippen LogP contribution in [0, 0.1) is 0 Å². The molecular weight excluding hydrogens is 396 g/mol. The van der Waals surface area contributed by atoms with Crippen LogP contribution in [0.25, 0.3) is 11.1 Å². The lowest BCUT2D eigenvalue weighted by molar-refractivity contribution is -0.146. The SMILES string of the molecule is NC(=O)C(=O)N1CCN2C(=O)c3cc(-c4ccc(Cl)cc4)ccc3NC(=O)[C@H]2C1. The van der Waals surface area contributed by atoms with Crippen molar-refractivity contribution < 1.29 is 19.2 Å². The van der Waals surface area contributed by atoms with Gasteiger partial charge in [0.2, 0.25) is 5.91 Å². The van der Waals surface area contributed by atoms with Crippen molar-refractivity contribution in [1.82, 2.24) is 9.80 Å². The van der Waals surface area contributed by atoms with E-state index in [9.17, 15) is 19.2 Å². The van der Waals surface area contributed by atoms with Gasteiger partial charge in [-0.25, -0.2) is 0 Å². The maximum Gasteiger partial charge on any atom is 0.311 e. The molecule has 148 valence electrons. The van der Waals surface area contributed by atoms with Crippen molar-refractivity contribution in [3.8, 4) is 11.1 Å². The Morgan fingerprint density at radius 2 is 1.72 bits per heavy atom. The summed E-state index contributed by atoms with van der Waals surface area (Å²) in [5.74, 6) is -2.69. The van der Waals surface area contributed by atoms with Crippen LogP contribution in [-0.2, 0) is 14.4 Å². The Morgan fingerprint density at radius 3 is 2.41 bits per heavy atom. The fourth-order valence-electron chi connectivity index (χ4n) is 3.61. The van der Waals surface area contributed by atoms with E-state index in [2.05, 4.69) is 5.32 Å². The van der Waals surface area contributed by atoms with Gasteiger partial charge in [-0.05, 0) is 35.4 Å². The van der Waals surface area contributed by atoms with Gasteiger partial charge in [0, 0.05) is 18.1 Å². The van der Waals surface area contributed by atoms with Crippen LogP contribution in [0.15, 0.2) is 42.5 Å². The summed E-state index contributed by atoms with van der Waals surface area (Å²) in [4.78, 5) is 51.6. The smallest absolute Gasteiger partial charge is 0.311 e. The molecule has 4 amide bonds. The summed E-state index contributed by atoms with van der Waals surface area (Å²) in [6.45, 7) is 0.168. The highest BCUT2D eigenvalue weighted by Gasteiger charge is 2.41. The molecule has 2 aliphatic heterocycles. The van der Waals surface area contributed by atoms with E-state index < -0.39 is 23.8 Å². The lowest BCUT2D eigenvalue weighted by Gasteiger charge is -2.38. The molecule has 0 aliphatic carbocycles. The molecule has 0 bridgehead atoms. The Kier molecular flexibility index (Phi) is 4.71. The summed E-state index contributed by atoms with van der Waals surface area (Å²) in [5.41, 5.74) is 7.52. The van der Waals surface area contributed by atoms with E-state index in [0.717, 1.165) is 11.1 Å². The number of hydrogen-bond acceptors (Lipinski definition) is 4. The molecule has 2 aromatic rings. The number of carbonyl (C=O) groups excluding carboxylic acids is 4. The molecule has 29 heavy (non-hydrogen) atoms. The van der Waals surface area contributed by atoms with E-state index in [1.54, 1.807) is 24.3 Å². The number of anilines is 1. The minimum absolute atomic E-state index is 0.0859. The molecule has 0 radical (unpaired) electrons. The number of hydrogen-bond donors (Lipinski definition) is 2. The lowest BCUT2D eigenvalue weighted by atomic mass is 10.0. The van der Waals surface area contributed by atoms with E-state index in [1.807, 2.05) is 18.2 Å². The van der Waals surface area contributed by atoms with Crippen LogP contribution < -0.4 is 11.1 Å². The minimum atomic E-state index is -1.09. The van der Waals surface area contributed by atoms with Gasteiger partial charge in [-0.1, -0.05) is 29.8 Å². The number of benzene rings is 2. The number of carbonyl (C=O) groups is 4. The molecule has 2 aromatic carbocycles. The molecule has 0 unspecified atom stereocenters. The maximum absolute atomic E-state index is 13.2. The van der Waals surface area contributed by atoms with Crippen molar-refractivity contribution in [2.45, 2.75) is 6.04 Å². The van der Waals surface area contributed by atoms with Crippen LogP contribution in [0.1, 0.15) is 10.4 Å². The van der Waals surface area contributed by atoms with Gasteiger partial charge in [0.1, 0.15) is 6.04 Å². The highest BCUT2D eigenvalue weighted by molar-refractivity contribution is 6.34. The van der Waals surface area contributed by atoms with Crippen molar-refractivity contribution in [1.29, 1.82) is 0 Å². The Labute approximate surface area is 171 Å². The van der Waals surface area contributed by atoms with Gasteiger partial charge in [-0.2, -0.15) is 0 Å². The molecule has 4 rings (SSSR count). The van der Waals surface area contributed by atoms with Crippen molar-refractivity contribution >= 4 is 40.9 Å². The zero-order valence-corrected chi connectivity index (χ0v) is 16.0. The number of nitrogens with two attached hydrogens (primary N) is 1. The van der Waals surface area contributed by atoms with Crippen LogP contribution in [0.3, 0.4) is 0 Å². The fraction of sp³-hybridized carbons (Fsp3) is 0.200.